The first kappa shape index (κ1) is 15.2. The van der Waals surface area contributed by atoms with Gasteiger partial charge in [0, 0.05) is 24.6 Å². The highest BCUT2D eigenvalue weighted by atomic mass is 79.9. The molecule has 106 valence electrons. The number of hydrogen-bond acceptors (Lipinski definition) is 2. The molecule has 0 aliphatic rings. The Morgan fingerprint density at radius 2 is 1.85 bits per heavy atom. The summed E-state index contributed by atoms with van der Waals surface area (Å²) in [6.07, 6.45) is 0. The molecule has 2 aromatic rings. The summed E-state index contributed by atoms with van der Waals surface area (Å²) >= 11 is 9.80. The van der Waals surface area contributed by atoms with E-state index in [1.165, 1.54) is 5.56 Å². The Hall–Kier alpha value is -1.19. The third kappa shape index (κ3) is 3.47. The largest absolute Gasteiger partial charge is 0.377 e. The molecule has 0 saturated heterocycles. The fraction of sp³-hybridized carbons (Fsp3) is 0.250. The van der Waals surface area contributed by atoms with Gasteiger partial charge in [-0.2, -0.15) is 0 Å². The minimum atomic E-state index is 0.199. The molecule has 4 heteroatoms. The van der Waals surface area contributed by atoms with Gasteiger partial charge < -0.3 is 10.2 Å². The van der Waals surface area contributed by atoms with E-state index in [4.69, 9.17) is 11.6 Å². The lowest BCUT2D eigenvalue weighted by Crippen LogP contribution is -2.14. The molecular formula is C16H18BrClN2. The van der Waals surface area contributed by atoms with Crippen LogP contribution in [0.1, 0.15) is 18.5 Å². The topological polar surface area (TPSA) is 15.3 Å². The minimum Gasteiger partial charge on any atom is -0.377 e. The van der Waals surface area contributed by atoms with Crippen LogP contribution in [0.5, 0.6) is 0 Å². The van der Waals surface area contributed by atoms with E-state index in [2.05, 4.69) is 46.4 Å². The zero-order valence-corrected chi connectivity index (χ0v) is 14.2. The molecule has 1 N–H and O–H groups in total. The lowest BCUT2D eigenvalue weighted by molar-refractivity contribution is 0.882. The maximum absolute atomic E-state index is 6.29. The van der Waals surface area contributed by atoms with Gasteiger partial charge in [0.05, 0.1) is 16.4 Å². The van der Waals surface area contributed by atoms with Gasteiger partial charge in [0.1, 0.15) is 0 Å². The molecule has 0 radical (unpaired) electrons. The van der Waals surface area contributed by atoms with E-state index in [0.29, 0.717) is 0 Å². The van der Waals surface area contributed by atoms with E-state index in [-0.39, 0.29) is 6.04 Å². The molecule has 0 amide bonds. The Bertz CT molecular complexity index is 599. The van der Waals surface area contributed by atoms with E-state index < -0.39 is 0 Å². The maximum Gasteiger partial charge on any atom is 0.0786 e. The molecule has 0 fully saturated rings. The first-order valence-corrected chi connectivity index (χ1v) is 7.64. The second-order valence-electron chi connectivity index (χ2n) is 4.95. The van der Waals surface area contributed by atoms with Crippen molar-refractivity contribution in [3.63, 3.8) is 0 Å². The smallest absolute Gasteiger partial charge is 0.0786 e. The van der Waals surface area contributed by atoms with Crippen LogP contribution in [0.4, 0.5) is 11.4 Å². The number of halogens is 2. The number of rotatable bonds is 4. The molecule has 0 aromatic heterocycles. The Balaban J connectivity index is 2.28. The summed E-state index contributed by atoms with van der Waals surface area (Å²) in [5, 5.41) is 4.28. The highest BCUT2D eigenvalue weighted by Gasteiger charge is 2.12. The molecule has 0 aliphatic carbocycles. The van der Waals surface area contributed by atoms with Crippen molar-refractivity contribution in [1.29, 1.82) is 0 Å². The summed E-state index contributed by atoms with van der Waals surface area (Å²) in [5.74, 6) is 0. The predicted octanol–water partition coefficient (Wildman–Crippen LogP) is 5.34. The molecule has 2 nitrogen and oxygen atoms in total. The van der Waals surface area contributed by atoms with Gasteiger partial charge in [0.25, 0.3) is 0 Å². The SMILES string of the molecule is CC(Nc1cccc(Cl)c1N(C)C)c1cccc(Br)c1. The summed E-state index contributed by atoms with van der Waals surface area (Å²) in [6.45, 7) is 2.14. The molecular weight excluding hydrogens is 336 g/mol. The maximum atomic E-state index is 6.29. The quantitative estimate of drug-likeness (QED) is 0.798. The van der Waals surface area contributed by atoms with Crippen molar-refractivity contribution >= 4 is 38.9 Å². The second-order valence-corrected chi connectivity index (χ2v) is 6.27. The van der Waals surface area contributed by atoms with Crippen LogP contribution >= 0.6 is 27.5 Å². The Morgan fingerprint density at radius 3 is 2.50 bits per heavy atom. The van der Waals surface area contributed by atoms with Crippen LogP contribution in [0.15, 0.2) is 46.9 Å². The Kier molecular flexibility index (Phi) is 4.95. The Labute approximate surface area is 133 Å². The summed E-state index contributed by atoms with van der Waals surface area (Å²) in [7, 11) is 3.99. The van der Waals surface area contributed by atoms with Gasteiger partial charge in [0.2, 0.25) is 0 Å². The third-order valence-electron chi connectivity index (χ3n) is 3.15. The summed E-state index contributed by atoms with van der Waals surface area (Å²) in [5.41, 5.74) is 3.27. The van der Waals surface area contributed by atoms with Crippen LogP contribution < -0.4 is 10.2 Å². The van der Waals surface area contributed by atoms with Crippen LogP contribution in [-0.2, 0) is 0 Å². The molecule has 1 atom stereocenters. The standard InChI is InChI=1S/C16H18BrClN2/c1-11(12-6-4-7-13(17)10-12)19-15-9-5-8-14(18)16(15)20(2)3/h4-11,19H,1-3H3. The van der Waals surface area contributed by atoms with Crippen molar-refractivity contribution in [2.45, 2.75) is 13.0 Å². The van der Waals surface area contributed by atoms with E-state index in [0.717, 1.165) is 20.9 Å². The van der Waals surface area contributed by atoms with Gasteiger partial charge in [-0.15, -0.1) is 0 Å². The molecule has 0 spiro atoms. The average molecular weight is 354 g/mol. The summed E-state index contributed by atoms with van der Waals surface area (Å²) < 4.78 is 1.09. The van der Waals surface area contributed by atoms with Gasteiger partial charge in [-0.3, -0.25) is 0 Å². The average Bonchev–Trinajstić information content (AvgIpc) is 2.38. The zero-order chi connectivity index (χ0) is 14.7. The fourth-order valence-corrected chi connectivity index (χ4v) is 2.94. The summed E-state index contributed by atoms with van der Waals surface area (Å²) in [6, 6.07) is 14.4. The highest BCUT2D eigenvalue weighted by molar-refractivity contribution is 9.10. The summed E-state index contributed by atoms with van der Waals surface area (Å²) in [4.78, 5) is 2.03. The van der Waals surface area contributed by atoms with Crippen LogP contribution in [-0.4, -0.2) is 14.1 Å². The molecule has 0 bridgehead atoms. The normalized spacial score (nSPS) is 12.1. The van der Waals surface area contributed by atoms with E-state index in [1.54, 1.807) is 0 Å². The number of nitrogens with zero attached hydrogens (tertiary/aromatic N) is 1. The number of anilines is 2. The molecule has 0 saturated carbocycles. The number of para-hydroxylation sites is 1. The van der Waals surface area contributed by atoms with Crippen LogP contribution in [0.3, 0.4) is 0 Å². The monoisotopic (exact) mass is 352 g/mol. The van der Waals surface area contributed by atoms with Crippen molar-refractivity contribution in [3.8, 4) is 0 Å². The second kappa shape index (κ2) is 6.51. The predicted molar refractivity (Wildman–Crippen MR) is 92.0 cm³/mol. The van der Waals surface area contributed by atoms with Gasteiger partial charge in [-0.05, 0) is 36.8 Å². The van der Waals surface area contributed by atoms with Crippen molar-refractivity contribution in [3.05, 3.63) is 57.5 Å². The Morgan fingerprint density at radius 1 is 1.15 bits per heavy atom. The van der Waals surface area contributed by atoms with Crippen LogP contribution in [0.25, 0.3) is 0 Å². The first-order chi connectivity index (χ1) is 9.49. The van der Waals surface area contributed by atoms with Crippen molar-refractivity contribution in [2.75, 3.05) is 24.3 Å². The van der Waals surface area contributed by atoms with Crippen molar-refractivity contribution in [2.24, 2.45) is 0 Å². The van der Waals surface area contributed by atoms with E-state index >= 15 is 0 Å². The van der Waals surface area contributed by atoms with Gasteiger partial charge in [0.15, 0.2) is 0 Å². The number of nitrogens with one attached hydrogen (secondary N) is 1. The van der Waals surface area contributed by atoms with Crippen LogP contribution in [0.2, 0.25) is 5.02 Å². The van der Waals surface area contributed by atoms with Crippen molar-refractivity contribution < 1.29 is 0 Å². The molecule has 0 aliphatic heterocycles. The lowest BCUT2D eigenvalue weighted by atomic mass is 10.1. The molecule has 2 rings (SSSR count). The highest BCUT2D eigenvalue weighted by Crippen LogP contribution is 2.34. The van der Waals surface area contributed by atoms with Gasteiger partial charge in [-0.1, -0.05) is 45.7 Å². The molecule has 20 heavy (non-hydrogen) atoms. The zero-order valence-electron chi connectivity index (χ0n) is 11.8. The minimum absolute atomic E-state index is 0.199. The van der Waals surface area contributed by atoms with Crippen LogP contribution in [0, 0.1) is 0 Å². The molecule has 0 heterocycles. The molecule has 1 unspecified atom stereocenters. The fourth-order valence-electron chi connectivity index (χ4n) is 2.18. The molecule has 2 aromatic carbocycles. The third-order valence-corrected chi connectivity index (χ3v) is 3.95. The van der Waals surface area contributed by atoms with E-state index in [9.17, 15) is 0 Å². The van der Waals surface area contributed by atoms with Crippen molar-refractivity contribution in [1.82, 2.24) is 0 Å². The van der Waals surface area contributed by atoms with E-state index in [1.807, 2.05) is 43.3 Å². The van der Waals surface area contributed by atoms with Gasteiger partial charge >= 0.3 is 0 Å². The first-order valence-electron chi connectivity index (χ1n) is 6.47. The van der Waals surface area contributed by atoms with Gasteiger partial charge in [-0.25, -0.2) is 0 Å². The number of benzene rings is 2. The lowest BCUT2D eigenvalue weighted by Gasteiger charge is -2.23. The number of hydrogen-bond donors (Lipinski definition) is 1.